The summed E-state index contributed by atoms with van der Waals surface area (Å²) in [4.78, 5) is 20.6. The van der Waals surface area contributed by atoms with Crippen molar-refractivity contribution in [2.24, 2.45) is 0 Å². The summed E-state index contributed by atoms with van der Waals surface area (Å²) >= 11 is 0. The summed E-state index contributed by atoms with van der Waals surface area (Å²) in [7, 11) is 0. The van der Waals surface area contributed by atoms with Crippen molar-refractivity contribution in [3.05, 3.63) is 84.2 Å². The molecule has 4 aromatic rings. The van der Waals surface area contributed by atoms with Crippen molar-refractivity contribution in [3.63, 3.8) is 0 Å². The average molecular weight is 375 g/mol. The molecule has 0 saturated carbocycles. The van der Waals surface area contributed by atoms with E-state index < -0.39 is 11.7 Å². The zero-order valence-electron chi connectivity index (χ0n) is 14.5. The van der Waals surface area contributed by atoms with Crippen LogP contribution in [0.1, 0.15) is 16.3 Å². The number of nitrogens with one attached hydrogen (secondary N) is 1. The SMILES string of the molecule is O=C(Nc1ccc(OCc2ccccn2)c(F)c1)c1nnc2ccccc2n1. The first-order valence-corrected chi connectivity index (χ1v) is 8.42. The molecular formula is C20H14FN5O2. The molecule has 2 aromatic heterocycles. The van der Waals surface area contributed by atoms with Crippen molar-refractivity contribution in [2.75, 3.05) is 5.32 Å². The van der Waals surface area contributed by atoms with E-state index >= 15 is 0 Å². The molecule has 2 heterocycles. The lowest BCUT2D eigenvalue weighted by Crippen LogP contribution is -2.16. The van der Waals surface area contributed by atoms with Crippen LogP contribution in [0.2, 0.25) is 0 Å². The Kier molecular flexibility index (Phi) is 4.83. The molecule has 0 aliphatic carbocycles. The first-order chi connectivity index (χ1) is 13.7. The minimum atomic E-state index is -0.605. The molecule has 8 heteroatoms. The number of hydrogen-bond donors (Lipinski definition) is 1. The summed E-state index contributed by atoms with van der Waals surface area (Å²) in [6.07, 6.45) is 1.64. The average Bonchev–Trinajstić information content (AvgIpc) is 2.73. The van der Waals surface area contributed by atoms with Gasteiger partial charge in [-0.2, -0.15) is 0 Å². The Hall–Kier alpha value is -3.94. The topological polar surface area (TPSA) is 89.9 Å². The Morgan fingerprint density at radius 2 is 1.82 bits per heavy atom. The second-order valence-corrected chi connectivity index (χ2v) is 5.83. The second kappa shape index (κ2) is 7.75. The predicted molar refractivity (Wildman–Crippen MR) is 100 cm³/mol. The van der Waals surface area contributed by atoms with Gasteiger partial charge in [0.15, 0.2) is 11.6 Å². The minimum absolute atomic E-state index is 0.0623. The number of halogens is 1. The first kappa shape index (κ1) is 17.5. The van der Waals surface area contributed by atoms with Gasteiger partial charge in [0.05, 0.1) is 11.2 Å². The number of aromatic nitrogens is 4. The zero-order chi connectivity index (χ0) is 19.3. The molecule has 4 rings (SSSR count). The summed E-state index contributed by atoms with van der Waals surface area (Å²) in [5.74, 6) is -1.23. The molecule has 28 heavy (non-hydrogen) atoms. The number of nitrogens with zero attached hydrogens (tertiary/aromatic N) is 4. The lowest BCUT2D eigenvalue weighted by molar-refractivity contribution is 0.101. The fourth-order valence-corrected chi connectivity index (χ4v) is 2.49. The number of carbonyl (C=O) groups excluding carboxylic acids is 1. The molecule has 0 unspecified atom stereocenters. The molecule has 0 bridgehead atoms. The van der Waals surface area contributed by atoms with Gasteiger partial charge in [-0.05, 0) is 36.4 Å². The molecule has 0 fully saturated rings. The summed E-state index contributed by atoms with van der Waals surface area (Å²) in [6.45, 7) is 0.139. The summed E-state index contributed by atoms with van der Waals surface area (Å²) in [6, 6.07) is 16.6. The van der Waals surface area contributed by atoms with E-state index in [0.717, 1.165) is 0 Å². The number of anilines is 1. The van der Waals surface area contributed by atoms with Crippen LogP contribution in [0.15, 0.2) is 66.9 Å². The standard InChI is InChI=1S/C20H14FN5O2/c21-15-11-13(8-9-18(15)28-12-14-5-3-4-10-22-14)23-20(27)19-24-16-6-1-2-7-17(16)25-26-19/h1-11H,12H2,(H,23,27). The van der Waals surface area contributed by atoms with Gasteiger partial charge in [-0.25, -0.2) is 9.37 Å². The van der Waals surface area contributed by atoms with Gasteiger partial charge in [-0.15, -0.1) is 10.2 Å². The molecule has 0 aliphatic heterocycles. The van der Waals surface area contributed by atoms with Crippen LogP contribution in [0, 0.1) is 5.82 Å². The van der Waals surface area contributed by atoms with Crippen molar-refractivity contribution in [3.8, 4) is 5.75 Å². The van der Waals surface area contributed by atoms with Crippen LogP contribution >= 0.6 is 0 Å². The predicted octanol–water partition coefficient (Wildman–Crippen LogP) is 3.39. The molecule has 0 spiro atoms. The summed E-state index contributed by atoms with van der Waals surface area (Å²) in [5.41, 5.74) is 2.07. The summed E-state index contributed by atoms with van der Waals surface area (Å²) < 4.78 is 19.7. The van der Waals surface area contributed by atoms with E-state index in [1.54, 1.807) is 42.6 Å². The van der Waals surface area contributed by atoms with Crippen LogP contribution in [-0.4, -0.2) is 26.1 Å². The Balaban J connectivity index is 1.45. The highest BCUT2D eigenvalue weighted by molar-refractivity contribution is 6.02. The lowest BCUT2D eigenvalue weighted by Gasteiger charge is -2.09. The second-order valence-electron chi connectivity index (χ2n) is 5.83. The third kappa shape index (κ3) is 3.90. The largest absolute Gasteiger partial charge is 0.484 e. The van der Waals surface area contributed by atoms with Gasteiger partial charge in [-0.1, -0.05) is 18.2 Å². The quantitative estimate of drug-likeness (QED) is 0.575. The number of amides is 1. The monoisotopic (exact) mass is 375 g/mol. The molecule has 0 atom stereocenters. The van der Waals surface area contributed by atoms with Gasteiger partial charge in [0.1, 0.15) is 12.1 Å². The number of ether oxygens (including phenoxy) is 1. The zero-order valence-corrected chi connectivity index (χ0v) is 14.5. The summed E-state index contributed by atoms with van der Waals surface area (Å²) in [5, 5.41) is 10.3. The molecular weight excluding hydrogens is 361 g/mol. The fraction of sp³-hybridized carbons (Fsp3) is 0.0500. The highest BCUT2D eigenvalue weighted by Crippen LogP contribution is 2.22. The van der Waals surface area contributed by atoms with E-state index in [-0.39, 0.29) is 23.9 Å². The van der Waals surface area contributed by atoms with Gasteiger partial charge >= 0.3 is 0 Å². The van der Waals surface area contributed by atoms with E-state index in [9.17, 15) is 9.18 Å². The van der Waals surface area contributed by atoms with Crippen LogP contribution in [0.5, 0.6) is 5.75 Å². The van der Waals surface area contributed by atoms with E-state index in [0.29, 0.717) is 16.7 Å². The van der Waals surface area contributed by atoms with Crippen molar-refractivity contribution in [2.45, 2.75) is 6.61 Å². The van der Waals surface area contributed by atoms with E-state index in [2.05, 4.69) is 25.5 Å². The molecule has 1 N–H and O–H groups in total. The van der Waals surface area contributed by atoms with Crippen LogP contribution in [0.25, 0.3) is 11.0 Å². The molecule has 7 nitrogen and oxygen atoms in total. The maximum Gasteiger partial charge on any atom is 0.295 e. The number of carbonyl (C=O) groups is 1. The van der Waals surface area contributed by atoms with Gasteiger partial charge in [0.25, 0.3) is 5.91 Å². The Labute approximate surface area is 159 Å². The Morgan fingerprint density at radius 3 is 2.61 bits per heavy atom. The normalized spacial score (nSPS) is 10.6. The number of rotatable bonds is 5. The molecule has 0 aliphatic rings. The van der Waals surface area contributed by atoms with Gasteiger partial charge < -0.3 is 10.1 Å². The Bertz CT molecular complexity index is 1140. The van der Waals surface area contributed by atoms with Gasteiger partial charge in [0.2, 0.25) is 5.82 Å². The lowest BCUT2D eigenvalue weighted by atomic mass is 10.2. The van der Waals surface area contributed by atoms with Crippen LogP contribution in [0.4, 0.5) is 10.1 Å². The van der Waals surface area contributed by atoms with Gasteiger partial charge in [-0.3, -0.25) is 9.78 Å². The third-order valence-electron chi connectivity index (χ3n) is 3.86. The van der Waals surface area contributed by atoms with Crippen LogP contribution < -0.4 is 10.1 Å². The van der Waals surface area contributed by atoms with Crippen molar-refractivity contribution < 1.29 is 13.9 Å². The molecule has 1 amide bonds. The van der Waals surface area contributed by atoms with Crippen molar-refractivity contribution in [1.29, 1.82) is 0 Å². The molecule has 138 valence electrons. The van der Waals surface area contributed by atoms with Crippen molar-refractivity contribution in [1.82, 2.24) is 20.2 Å². The van der Waals surface area contributed by atoms with Crippen LogP contribution in [0.3, 0.4) is 0 Å². The van der Waals surface area contributed by atoms with E-state index in [1.807, 2.05) is 6.07 Å². The third-order valence-corrected chi connectivity index (χ3v) is 3.86. The molecule has 0 saturated heterocycles. The van der Waals surface area contributed by atoms with Crippen molar-refractivity contribution >= 4 is 22.6 Å². The number of hydrogen-bond acceptors (Lipinski definition) is 6. The minimum Gasteiger partial charge on any atom is -0.484 e. The number of pyridine rings is 1. The van der Waals surface area contributed by atoms with Crippen LogP contribution in [-0.2, 0) is 6.61 Å². The van der Waals surface area contributed by atoms with Gasteiger partial charge in [0, 0.05) is 18.0 Å². The molecule has 2 aromatic carbocycles. The maximum atomic E-state index is 14.3. The number of fused-ring (bicyclic) bond motifs is 1. The molecule has 0 radical (unpaired) electrons. The number of benzene rings is 2. The highest BCUT2D eigenvalue weighted by Gasteiger charge is 2.13. The first-order valence-electron chi connectivity index (χ1n) is 8.42. The number of para-hydroxylation sites is 1. The maximum absolute atomic E-state index is 14.3. The van der Waals surface area contributed by atoms with E-state index in [4.69, 9.17) is 4.74 Å². The fourth-order valence-electron chi connectivity index (χ4n) is 2.49. The van der Waals surface area contributed by atoms with E-state index in [1.165, 1.54) is 18.2 Å². The smallest absolute Gasteiger partial charge is 0.295 e. The Morgan fingerprint density at radius 1 is 1.00 bits per heavy atom. The highest BCUT2D eigenvalue weighted by atomic mass is 19.1.